The summed E-state index contributed by atoms with van der Waals surface area (Å²) in [6, 6.07) is 13.5. The van der Waals surface area contributed by atoms with E-state index in [0.717, 1.165) is 15.6 Å². The first-order chi connectivity index (χ1) is 11.1. The van der Waals surface area contributed by atoms with Crippen molar-refractivity contribution in [1.82, 2.24) is 5.43 Å². The van der Waals surface area contributed by atoms with Crippen molar-refractivity contribution in [3.8, 4) is 0 Å². The van der Waals surface area contributed by atoms with Crippen molar-refractivity contribution in [1.29, 1.82) is 0 Å². The molecule has 0 aliphatic rings. The fraction of sp³-hybridized carbons (Fsp3) is 0.0588. The predicted octanol–water partition coefficient (Wildman–Crippen LogP) is 4.85. The highest BCUT2D eigenvalue weighted by Crippen LogP contribution is 2.34. The summed E-state index contributed by atoms with van der Waals surface area (Å²) >= 11 is 7.58. The minimum Gasteiger partial charge on any atom is -0.266 e. The smallest absolute Gasteiger partial charge is 0.266 e. The van der Waals surface area contributed by atoms with Gasteiger partial charge in [0.1, 0.15) is 10.7 Å². The van der Waals surface area contributed by atoms with Gasteiger partial charge >= 0.3 is 0 Å². The van der Waals surface area contributed by atoms with Gasteiger partial charge in [0.25, 0.3) is 5.91 Å². The molecule has 3 rings (SSSR count). The second-order valence-corrected chi connectivity index (χ2v) is 6.32. The number of hydrazone groups is 1. The Morgan fingerprint density at radius 1 is 1.17 bits per heavy atom. The minimum atomic E-state index is -0.363. The lowest BCUT2D eigenvalue weighted by Gasteiger charge is -2.02. The fourth-order valence-corrected chi connectivity index (χ4v) is 3.51. The van der Waals surface area contributed by atoms with Crippen LogP contribution in [0.4, 0.5) is 4.39 Å². The third-order valence-electron chi connectivity index (χ3n) is 3.33. The summed E-state index contributed by atoms with van der Waals surface area (Å²) in [7, 11) is 0. The highest BCUT2D eigenvalue weighted by molar-refractivity contribution is 7.21. The first kappa shape index (κ1) is 15.6. The summed E-state index contributed by atoms with van der Waals surface area (Å²) < 4.78 is 13.9. The maximum Gasteiger partial charge on any atom is 0.283 e. The van der Waals surface area contributed by atoms with E-state index < -0.39 is 0 Å². The number of nitrogens with one attached hydrogen (secondary N) is 1. The third kappa shape index (κ3) is 3.25. The lowest BCUT2D eigenvalue weighted by molar-refractivity contribution is 0.0959. The Hall–Kier alpha value is -2.24. The van der Waals surface area contributed by atoms with Crippen LogP contribution in [-0.4, -0.2) is 11.6 Å². The van der Waals surface area contributed by atoms with E-state index >= 15 is 0 Å². The molecule has 0 bridgehead atoms. The fourth-order valence-electron chi connectivity index (χ4n) is 2.10. The molecule has 0 unspecified atom stereocenters. The van der Waals surface area contributed by atoms with Gasteiger partial charge < -0.3 is 0 Å². The largest absolute Gasteiger partial charge is 0.283 e. The molecule has 0 aliphatic carbocycles. The Bertz CT molecular complexity index is 903. The van der Waals surface area contributed by atoms with E-state index in [2.05, 4.69) is 10.5 Å². The second kappa shape index (κ2) is 6.48. The molecule has 116 valence electrons. The Labute approximate surface area is 141 Å². The first-order valence-electron chi connectivity index (χ1n) is 6.84. The van der Waals surface area contributed by atoms with Crippen molar-refractivity contribution in [2.75, 3.05) is 0 Å². The van der Waals surface area contributed by atoms with Crippen LogP contribution in [0.5, 0.6) is 0 Å². The molecule has 0 spiro atoms. The lowest BCUT2D eigenvalue weighted by atomic mass is 10.1. The van der Waals surface area contributed by atoms with Gasteiger partial charge in [0.05, 0.1) is 10.7 Å². The Balaban J connectivity index is 1.81. The summed E-state index contributed by atoms with van der Waals surface area (Å²) in [4.78, 5) is 12.7. The molecule has 0 saturated heterocycles. The molecule has 0 saturated carbocycles. The van der Waals surface area contributed by atoms with E-state index in [4.69, 9.17) is 11.6 Å². The zero-order valence-corrected chi connectivity index (χ0v) is 13.7. The van der Waals surface area contributed by atoms with Crippen molar-refractivity contribution in [2.24, 2.45) is 5.10 Å². The topological polar surface area (TPSA) is 41.5 Å². The van der Waals surface area contributed by atoms with Crippen LogP contribution in [0.15, 0.2) is 53.6 Å². The van der Waals surface area contributed by atoms with Crippen LogP contribution in [0.25, 0.3) is 10.1 Å². The highest BCUT2D eigenvalue weighted by atomic mass is 35.5. The van der Waals surface area contributed by atoms with E-state index in [1.807, 2.05) is 24.3 Å². The lowest BCUT2D eigenvalue weighted by Crippen LogP contribution is -2.18. The van der Waals surface area contributed by atoms with Gasteiger partial charge in [-0.3, -0.25) is 4.79 Å². The Morgan fingerprint density at radius 3 is 2.57 bits per heavy atom. The summed E-state index contributed by atoms with van der Waals surface area (Å²) in [5, 5.41) is 5.33. The van der Waals surface area contributed by atoms with E-state index in [-0.39, 0.29) is 11.7 Å². The number of nitrogens with zero attached hydrogens (tertiary/aromatic N) is 1. The number of amides is 1. The Kier molecular flexibility index (Phi) is 4.41. The molecular formula is C17H12ClFN2OS. The van der Waals surface area contributed by atoms with Crippen LogP contribution in [0.1, 0.15) is 22.2 Å². The van der Waals surface area contributed by atoms with E-state index in [1.165, 1.54) is 23.5 Å². The molecule has 3 nitrogen and oxygen atoms in total. The number of benzene rings is 2. The zero-order chi connectivity index (χ0) is 16.4. The molecule has 23 heavy (non-hydrogen) atoms. The molecule has 0 fully saturated rings. The van der Waals surface area contributed by atoms with Crippen LogP contribution in [0.3, 0.4) is 0 Å². The number of carbonyl (C=O) groups is 1. The number of rotatable bonds is 3. The first-order valence-corrected chi connectivity index (χ1v) is 8.03. The van der Waals surface area contributed by atoms with Crippen molar-refractivity contribution < 1.29 is 9.18 Å². The second-order valence-electron chi connectivity index (χ2n) is 4.89. The van der Waals surface area contributed by atoms with Gasteiger partial charge in [-0.1, -0.05) is 41.9 Å². The number of hydrogen-bond donors (Lipinski definition) is 1. The number of fused-ring (bicyclic) bond motifs is 1. The normalized spacial score (nSPS) is 11.7. The van der Waals surface area contributed by atoms with Crippen LogP contribution in [0, 0.1) is 5.82 Å². The van der Waals surface area contributed by atoms with Crippen LogP contribution < -0.4 is 5.43 Å². The van der Waals surface area contributed by atoms with Gasteiger partial charge in [-0.2, -0.15) is 5.10 Å². The van der Waals surface area contributed by atoms with Crippen LogP contribution >= 0.6 is 22.9 Å². The summed E-state index contributed by atoms with van der Waals surface area (Å²) in [6.07, 6.45) is 0. The molecule has 0 aliphatic heterocycles. The summed E-state index contributed by atoms with van der Waals surface area (Å²) in [5.74, 6) is -0.680. The monoisotopic (exact) mass is 346 g/mol. The number of thiophene rings is 1. The predicted molar refractivity (Wildman–Crippen MR) is 92.9 cm³/mol. The van der Waals surface area contributed by atoms with Gasteiger partial charge in [-0.05, 0) is 30.7 Å². The number of halogens is 2. The SMILES string of the molecule is C/C(=N\NC(=O)c1sc2ccccc2c1Cl)c1ccc(F)cc1. The van der Waals surface area contributed by atoms with Gasteiger partial charge in [0.2, 0.25) is 0 Å². The zero-order valence-electron chi connectivity index (χ0n) is 12.1. The van der Waals surface area contributed by atoms with Gasteiger partial charge in [-0.15, -0.1) is 11.3 Å². The highest BCUT2D eigenvalue weighted by Gasteiger charge is 2.16. The van der Waals surface area contributed by atoms with Crippen molar-refractivity contribution in [3.63, 3.8) is 0 Å². The van der Waals surface area contributed by atoms with E-state index in [1.54, 1.807) is 19.1 Å². The van der Waals surface area contributed by atoms with Crippen molar-refractivity contribution in [2.45, 2.75) is 6.92 Å². The quantitative estimate of drug-likeness (QED) is 0.534. The van der Waals surface area contributed by atoms with Crippen molar-refractivity contribution >= 4 is 44.6 Å². The van der Waals surface area contributed by atoms with Crippen LogP contribution in [0.2, 0.25) is 5.02 Å². The molecule has 1 aromatic heterocycles. The average Bonchev–Trinajstić information content (AvgIpc) is 2.90. The molecule has 2 aromatic carbocycles. The molecule has 0 radical (unpaired) electrons. The molecule has 1 N–H and O–H groups in total. The standard InChI is InChI=1S/C17H12ClFN2OS/c1-10(11-6-8-12(19)9-7-11)20-21-17(22)16-15(18)13-4-2-3-5-14(13)23-16/h2-9H,1H3,(H,21,22)/b20-10+. The molecule has 3 aromatic rings. The molecule has 1 heterocycles. The molecule has 0 atom stereocenters. The third-order valence-corrected chi connectivity index (χ3v) is 5.00. The van der Waals surface area contributed by atoms with E-state index in [9.17, 15) is 9.18 Å². The van der Waals surface area contributed by atoms with E-state index in [0.29, 0.717) is 15.6 Å². The maximum atomic E-state index is 12.9. The Morgan fingerprint density at radius 2 is 1.87 bits per heavy atom. The molecule has 1 amide bonds. The minimum absolute atomic E-state index is 0.317. The number of hydrogen-bond acceptors (Lipinski definition) is 3. The van der Waals surface area contributed by atoms with Gasteiger partial charge in [0, 0.05) is 10.1 Å². The molecule has 6 heteroatoms. The maximum absolute atomic E-state index is 12.9. The van der Waals surface area contributed by atoms with Crippen molar-refractivity contribution in [3.05, 3.63) is 69.8 Å². The summed E-state index contributed by atoms with van der Waals surface area (Å²) in [6.45, 7) is 1.74. The number of carbonyl (C=O) groups excluding carboxylic acids is 1. The summed E-state index contributed by atoms with van der Waals surface area (Å²) in [5.41, 5.74) is 3.80. The molecular weight excluding hydrogens is 335 g/mol. The average molecular weight is 347 g/mol. The van der Waals surface area contributed by atoms with Gasteiger partial charge in [-0.25, -0.2) is 9.82 Å². The van der Waals surface area contributed by atoms with Crippen LogP contribution in [-0.2, 0) is 0 Å². The van der Waals surface area contributed by atoms with Gasteiger partial charge in [0.15, 0.2) is 0 Å².